The summed E-state index contributed by atoms with van der Waals surface area (Å²) in [6.07, 6.45) is 0. The monoisotopic (exact) mass is 384 g/mol. The fraction of sp³-hybridized carbons (Fsp3) is 0.263. The van der Waals surface area contributed by atoms with Crippen molar-refractivity contribution in [2.75, 3.05) is 11.5 Å². The number of imide groups is 1. The van der Waals surface area contributed by atoms with Crippen LogP contribution in [-0.4, -0.2) is 35.5 Å². The number of hydrogen-bond acceptors (Lipinski definition) is 6. The molecule has 2 aromatic rings. The Hall–Kier alpha value is -2.93. The molecule has 27 heavy (non-hydrogen) atoms. The summed E-state index contributed by atoms with van der Waals surface area (Å²) < 4.78 is 5.40. The number of carbonyl (C=O) groups is 2. The molecule has 0 N–H and O–H groups in total. The lowest BCUT2D eigenvalue weighted by molar-refractivity contribution is -0.123. The predicted molar refractivity (Wildman–Crippen MR) is 99.5 cm³/mol. The Balaban J connectivity index is 1.56. The highest BCUT2D eigenvalue weighted by atomic mass is 35.5. The maximum atomic E-state index is 13.0. The highest BCUT2D eigenvalue weighted by molar-refractivity contribution is 6.30. The minimum absolute atomic E-state index is 0.332. The zero-order chi connectivity index (χ0) is 19.0. The predicted octanol–water partition coefficient (Wildman–Crippen LogP) is 3.23. The zero-order valence-electron chi connectivity index (χ0n) is 14.6. The average molecular weight is 385 g/mol. The minimum Gasteiger partial charge on any atom is -0.494 e. The van der Waals surface area contributed by atoms with Crippen molar-refractivity contribution in [3.05, 3.63) is 59.1 Å². The van der Waals surface area contributed by atoms with Crippen LogP contribution in [0.15, 0.2) is 58.9 Å². The molecule has 0 aliphatic carbocycles. The van der Waals surface area contributed by atoms with Crippen molar-refractivity contribution in [3.8, 4) is 5.75 Å². The van der Waals surface area contributed by atoms with Crippen molar-refractivity contribution in [1.29, 1.82) is 0 Å². The van der Waals surface area contributed by atoms with Gasteiger partial charge in [0.15, 0.2) is 12.1 Å². The molecule has 2 aliphatic rings. The largest absolute Gasteiger partial charge is 0.494 e. The van der Waals surface area contributed by atoms with Crippen LogP contribution in [0.1, 0.15) is 12.5 Å². The highest BCUT2D eigenvalue weighted by Crippen LogP contribution is 2.33. The third-order valence-corrected chi connectivity index (χ3v) is 4.73. The molecule has 1 fully saturated rings. The Morgan fingerprint density at radius 1 is 1.11 bits per heavy atom. The number of benzene rings is 2. The number of ether oxygens (including phenoxy) is 1. The van der Waals surface area contributed by atoms with Gasteiger partial charge >= 0.3 is 0 Å². The molecule has 2 aliphatic heterocycles. The number of fused-ring (bicyclic) bond motifs is 1. The van der Waals surface area contributed by atoms with Crippen LogP contribution in [0.3, 0.4) is 0 Å². The molecule has 0 bridgehead atoms. The van der Waals surface area contributed by atoms with Crippen LogP contribution in [-0.2, 0) is 16.1 Å². The smallest absolute Gasteiger partial charge is 0.263 e. The molecule has 7 nitrogen and oxygen atoms in total. The molecule has 0 saturated carbocycles. The summed E-state index contributed by atoms with van der Waals surface area (Å²) in [5.74, 6) is -0.0181. The van der Waals surface area contributed by atoms with E-state index < -0.39 is 12.1 Å². The van der Waals surface area contributed by atoms with E-state index in [-0.39, 0.29) is 11.8 Å². The Kier molecular flexibility index (Phi) is 4.53. The summed E-state index contributed by atoms with van der Waals surface area (Å²) in [4.78, 5) is 26.9. The highest BCUT2D eigenvalue weighted by Gasteiger charge is 2.54. The molecule has 8 heteroatoms. The van der Waals surface area contributed by atoms with Crippen LogP contribution in [0.2, 0.25) is 5.02 Å². The van der Waals surface area contributed by atoms with Gasteiger partial charge in [0.1, 0.15) is 5.75 Å². The number of hydrogen-bond donors (Lipinski definition) is 0. The van der Waals surface area contributed by atoms with Crippen molar-refractivity contribution < 1.29 is 14.3 Å². The molecule has 2 amide bonds. The summed E-state index contributed by atoms with van der Waals surface area (Å²) >= 11 is 6.02. The van der Waals surface area contributed by atoms with Gasteiger partial charge in [-0.15, -0.1) is 0 Å². The van der Waals surface area contributed by atoms with Gasteiger partial charge in [-0.25, -0.2) is 4.90 Å². The number of rotatable bonds is 5. The Labute approximate surface area is 161 Å². The van der Waals surface area contributed by atoms with Crippen LogP contribution < -0.4 is 9.64 Å². The lowest BCUT2D eigenvalue weighted by Crippen LogP contribution is -2.39. The Bertz CT molecular complexity index is 915. The summed E-state index contributed by atoms with van der Waals surface area (Å²) in [6.45, 7) is 2.79. The van der Waals surface area contributed by atoms with Gasteiger partial charge in [0.2, 0.25) is 0 Å². The molecule has 2 aromatic carbocycles. The second-order valence-electron chi connectivity index (χ2n) is 6.26. The fourth-order valence-corrected chi connectivity index (χ4v) is 3.50. The molecular formula is C19H17ClN4O3. The quantitative estimate of drug-likeness (QED) is 0.742. The SMILES string of the molecule is CCOc1ccc(N2C(=O)[C@H]3N=NN(Cc4cccc(Cl)c4)[C@H]3C2=O)cc1. The van der Waals surface area contributed by atoms with Crippen LogP contribution in [0.25, 0.3) is 0 Å². The summed E-state index contributed by atoms with van der Waals surface area (Å²) in [6, 6.07) is 12.6. The maximum absolute atomic E-state index is 13.0. The topological polar surface area (TPSA) is 74.6 Å². The molecule has 0 spiro atoms. The van der Waals surface area contributed by atoms with Crippen molar-refractivity contribution in [1.82, 2.24) is 5.01 Å². The van der Waals surface area contributed by atoms with Gasteiger partial charge in [-0.05, 0) is 48.9 Å². The van der Waals surface area contributed by atoms with Gasteiger partial charge < -0.3 is 4.74 Å². The third-order valence-electron chi connectivity index (χ3n) is 4.50. The molecular weight excluding hydrogens is 368 g/mol. The van der Waals surface area contributed by atoms with E-state index in [9.17, 15) is 9.59 Å². The number of halogens is 1. The molecule has 2 heterocycles. The Morgan fingerprint density at radius 2 is 1.89 bits per heavy atom. The van der Waals surface area contributed by atoms with Crippen molar-refractivity contribution >= 4 is 29.1 Å². The van der Waals surface area contributed by atoms with Crippen LogP contribution in [0.5, 0.6) is 5.75 Å². The lowest BCUT2D eigenvalue weighted by atomic mass is 10.1. The van der Waals surface area contributed by atoms with Gasteiger partial charge in [-0.3, -0.25) is 14.6 Å². The number of amides is 2. The van der Waals surface area contributed by atoms with Crippen molar-refractivity contribution in [3.63, 3.8) is 0 Å². The molecule has 0 unspecified atom stereocenters. The number of nitrogens with zero attached hydrogens (tertiary/aromatic N) is 4. The number of anilines is 1. The van der Waals surface area contributed by atoms with E-state index >= 15 is 0 Å². The molecule has 2 atom stereocenters. The summed E-state index contributed by atoms with van der Waals surface area (Å²) in [5.41, 5.74) is 1.39. The first-order valence-electron chi connectivity index (χ1n) is 8.61. The third kappa shape index (κ3) is 3.14. The van der Waals surface area contributed by atoms with E-state index in [1.807, 2.05) is 19.1 Å². The van der Waals surface area contributed by atoms with Crippen LogP contribution >= 0.6 is 11.6 Å². The molecule has 4 rings (SSSR count). The van der Waals surface area contributed by atoms with E-state index in [4.69, 9.17) is 16.3 Å². The van der Waals surface area contributed by atoms with Crippen molar-refractivity contribution in [2.45, 2.75) is 25.6 Å². The van der Waals surface area contributed by atoms with Gasteiger partial charge in [0, 0.05) is 5.02 Å². The normalized spacial score (nSPS) is 21.1. The van der Waals surface area contributed by atoms with E-state index in [0.717, 1.165) is 5.56 Å². The lowest BCUT2D eigenvalue weighted by Gasteiger charge is -2.20. The first-order chi connectivity index (χ1) is 13.1. The van der Waals surface area contributed by atoms with E-state index in [2.05, 4.69) is 10.3 Å². The van der Waals surface area contributed by atoms with Gasteiger partial charge in [-0.2, -0.15) is 5.11 Å². The number of carbonyl (C=O) groups excluding carboxylic acids is 2. The molecule has 138 valence electrons. The average Bonchev–Trinajstić information content (AvgIpc) is 3.17. The fourth-order valence-electron chi connectivity index (χ4n) is 3.29. The summed E-state index contributed by atoms with van der Waals surface area (Å²) in [7, 11) is 0. The second kappa shape index (κ2) is 7.00. The van der Waals surface area contributed by atoms with E-state index in [1.54, 1.807) is 41.4 Å². The van der Waals surface area contributed by atoms with Crippen LogP contribution in [0.4, 0.5) is 5.69 Å². The first kappa shape index (κ1) is 17.5. The zero-order valence-corrected chi connectivity index (χ0v) is 15.3. The minimum atomic E-state index is -0.816. The molecule has 1 saturated heterocycles. The van der Waals surface area contributed by atoms with E-state index in [1.165, 1.54) is 4.90 Å². The maximum Gasteiger partial charge on any atom is 0.263 e. The summed E-state index contributed by atoms with van der Waals surface area (Å²) in [5, 5.41) is 10.2. The van der Waals surface area contributed by atoms with E-state index in [0.29, 0.717) is 29.6 Å². The molecule has 0 aromatic heterocycles. The van der Waals surface area contributed by atoms with Gasteiger partial charge in [-0.1, -0.05) is 29.0 Å². The second-order valence-corrected chi connectivity index (χ2v) is 6.70. The van der Waals surface area contributed by atoms with Gasteiger partial charge in [0.05, 0.1) is 18.8 Å². The van der Waals surface area contributed by atoms with Crippen LogP contribution in [0, 0.1) is 0 Å². The first-order valence-corrected chi connectivity index (χ1v) is 8.99. The standard InChI is InChI=1S/C19H17ClN4O3/c1-2-27-15-8-6-14(7-9-15)24-18(25)16-17(19(24)26)23(22-21-16)11-12-4-3-5-13(20)10-12/h3-10,16-17H,2,11H2,1H3/t16-,17+/m0/s1. The molecule has 0 radical (unpaired) electrons. The Morgan fingerprint density at radius 3 is 2.59 bits per heavy atom. The van der Waals surface area contributed by atoms with Crippen molar-refractivity contribution in [2.24, 2.45) is 10.3 Å². The van der Waals surface area contributed by atoms with Gasteiger partial charge in [0.25, 0.3) is 11.8 Å².